The fourth-order valence-electron chi connectivity index (χ4n) is 3.82. The van der Waals surface area contributed by atoms with Gasteiger partial charge < -0.3 is 15.4 Å². The molecule has 0 radical (unpaired) electrons. The Morgan fingerprint density at radius 1 is 1.25 bits per heavy atom. The number of anilines is 3. The van der Waals surface area contributed by atoms with Gasteiger partial charge in [0.2, 0.25) is 0 Å². The van der Waals surface area contributed by atoms with E-state index in [0.29, 0.717) is 39.8 Å². The molecule has 0 amide bonds. The Labute approximate surface area is 182 Å². The van der Waals surface area contributed by atoms with Crippen LogP contribution in [0.1, 0.15) is 24.3 Å². The van der Waals surface area contributed by atoms with Gasteiger partial charge in [0.15, 0.2) is 11.6 Å². The summed E-state index contributed by atoms with van der Waals surface area (Å²) in [6.07, 6.45) is 2.48. The first-order chi connectivity index (χ1) is 15.4. The molecule has 0 spiro atoms. The van der Waals surface area contributed by atoms with E-state index in [1.807, 2.05) is 0 Å². The molecule has 1 unspecified atom stereocenters. The standard InChI is InChI=1S/C21H18FN9O/c1-11-13-8-12(22)4-5-15(13)31-17(6-7-26-31)29(2)20-18(16(9-23)30(3)28-20)14-10-25-19(24)21(27-14)32-11/h4-8,10-11H,1-3H3,(H2,24,25). The van der Waals surface area contributed by atoms with Crippen LogP contribution in [0.2, 0.25) is 0 Å². The van der Waals surface area contributed by atoms with Crippen LogP contribution in [0.15, 0.2) is 36.7 Å². The van der Waals surface area contributed by atoms with Gasteiger partial charge in [-0.3, -0.25) is 4.68 Å². The molecular formula is C21H18FN9O. The van der Waals surface area contributed by atoms with Gasteiger partial charge >= 0.3 is 0 Å². The van der Waals surface area contributed by atoms with Crippen LogP contribution >= 0.6 is 0 Å². The second-order valence-corrected chi connectivity index (χ2v) is 7.35. The van der Waals surface area contributed by atoms with Crippen molar-refractivity contribution in [2.75, 3.05) is 17.7 Å². The monoisotopic (exact) mass is 431 g/mol. The number of halogens is 1. The third kappa shape index (κ3) is 2.84. The highest BCUT2D eigenvalue weighted by molar-refractivity contribution is 5.81. The van der Waals surface area contributed by atoms with E-state index in [4.69, 9.17) is 10.5 Å². The molecule has 0 saturated heterocycles. The molecule has 2 bridgehead atoms. The van der Waals surface area contributed by atoms with Gasteiger partial charge in [0.1, 0.15) is 29.5 Å². The smallest absolute Gasteiger partial charge is 0.258 e. The number of nitrogen functional groups attached to an aromatic ring is 1. The maximum Gasteiger partial charge on any atom is 0.258 e. The molecule has 160 valence electrons. The molecule has 0 aliphatic carbocycles. The van der Waals surface area contributed by atoms with Crippen LogP contribution in [0, 0.1) is 17.1 Å². The fraction of sp³-hybridized carbons (Fsp3) is 0.190. The van der Waals surface area contributed by atoms with E-state index in [1.165, 1.54) is 23.0 Å². The van der Waals surface area contributed by atoms with Crippen molar-refractivity contribution in [2.45, 2.75) is 13.0 Å². The van der Waals surface area contributed by atoms with Gasteiger partial charge in [0.25, 0.3) is 5.88 Å². The van der Waals surface area contributed by atoms with Crippen LogP contribution in [0.25, 0.3) is 16.9 Å². The van der Waals surface area contributed by atoms with E-state index in [1.54, 1.807) is 48.9 Å². The summed E-state index contributed by atoms with van der Waals surface area (Å²) in [6.45, 7) is 1.76. The summed E-state index contributed by atoms with van der Waals surface area (Å²) in [7, 11) is 3.48. The number of fused-ring (bicyclic) bond motifs is 7. The maximum absolute atomic E-state index is 14.2. The lowest BCUT2D eigenvalue weighted by Crippen LogP contribution is -2.19. The van der Waals surface area contributed by atoms with Crippen molar-refractivity contribution in [2.24, 2.45) is 7.05 Å². The molecule has 0 saturated carbocycles. The second kappa shape index (κ2) is 7.05. The molecule has 4 heterocycles. The third-order valence-corrected chi connectivity index (χ3v) is 5.39. The van der Waals surface area contributed by atoms with Gasteiger partial charge in [-0.1, -0.05) is 0 Å². The van der Waals surface area contributed by atoms with Gasteiger partial charge in [-0.05, 0) is 25.1 Å². The second-order valence-electron chi connectivity index (χ2n) is 7.35. The molecule has 1 aliphatic heterocycles. The quantitative estimate of drug-likeness (QED) is 0.451. The summed E-state index contributed by atoms with van der Waals surface area (Å²) in [5.74, 6) is 0.860. The van der Waals surface area contributed by atoms with Crippen molar-refractivity contribution >= 4 is 17.5 Å². The van der Waals surface area contributed by atoms with E-state index in [-0.39, 0.29) is 11.7 Å². The molecule has 11 heteroatoms. The largest absolute Gasteiger partial charge is 0.467 e. The zero-order valence-corrected chi connectivity index (χ0v) is 17.5. The number of nitrogens with two attached hydrogens (primary N) is 1. The van der Waals surface area contributed by atoms with E-state index in [0.717, 1.165) is 0 Å². The lowest BCUT2D eigenvalue weighted by Gasteiger charge is -2.24. The van der Waals surface area contributed by atoms with Crippen LogP contribution in [0.5, 0.6) is 5.88 Å². The Bertz CT molecular complexity index is 1400. The minimum Gasteiger partial charge on any atom is -0.467 e. The van der Waals surface area contributed by atoms with Gasteiger partial charge in [-0.25, -0.2) is 19.0 Å². The summed E-state index contributed by atoms with van der Waals surface area (Å²) in [5.41, 5.74) is 8.35. The summed E-state index contributed by atoms with van der Waals surface area (Å²) < 4.78 is 23.4. The first-order valence-corrected chi connectivity index (χ1v) is 9.73. The molecule has 3 aromatic heterocycles. The summed E-state index contributed by atoms with van der Waals surface area (Å²) >= 11 is 0. The average Bonchev–Trinajstić information content (AvgIpc) is 3.38. The van der Waals surface area contributed by atoms with Crippen LogP contribution in [-0.4, -0.2) is 36.6 Å². The molecule has 2 N–H and O–H groups in total. The highest BCUT2D eigenvalue weighted by Gasteiger charge is 2.28. The minimum absolute atomic E-state index is 0.0766. The highest BCUT2D eigenvalue weighted by atomic mass is 19.1. The highest BCUT2D eigenvalue weighted by Crippen LogP contribution is 2.39. The molecular weight excluding hydrogens is 413 g/mol. The number of aromatic nitrogens is 6. The molecule has 4 aromatic rings. The van der Waals surface area contributed by atoms with Gasteiger partial charge in [-0.15, -0.1) is 0 Å². The normalized spacial score (nSPS) is 14.8. The number of hydrogen-bond donors (Lipinski definition) is 1. The molecule has 10 nitrogen and oxygen atoms in total. The Morgan fingerprint density at radius 3 is 2.84 bits per heavy atom. The lowest BCUT2D eigenvalue weighted by molar-refractivity contribution is 0.217. The van der Waals surface area contributed by atoms with Crippen molar-refractivity contribution < 1.29 is 9.13 Å². The summed E-state index contributed by atoms with van der Waals surface area (Å²) in [6, 6.07) is 8.36. The van der Waals surface area contributed by atoms with Crippen molar-refractivity contribution in [3.05, 3.63) is 53.7 Å². The van der Waals surface area contributed by atoms with Crippen molar-refractivity contribution in [3.63, 3.8) is 0 Å². The van der Waals surface area contributed by atoms with Crippen molar-refractivity contribution in [3.8, 4) is 28.9 Å². The zero-order valence-electron chi connectivity index (χ0n) is 17.5. The Hall–Kier alpha value is -4.46. The minimum atomic E-state index is -0.627. The number of ether oxygens (including phenoxy) is 1. The number of nitrogens with zero attached hydrogens (tertiary/aromatic N) is 8. The van der Waals surface area contributed by atoms with Crippen molar-refractivity contribution in [1.29, 1.82) is 5.26 Å². The predicted octanol–water partition coefficient (Wildman–Crippen LogP) is 2.88. The van der Waals surface area contributed by atoms with E-state index >= 15 is 0 Å². The summed E-state index contributed by atoms with van der Waals surface area (Å²) in [4.78, 5) is 10.5. The molecule has 0 fully saturated rings. The topological polar surface area (TPSA) is 124 Å². The molecule has 5 rings (SSSR count). The molecule has 1 aromatic carbocycles. The zero-order chi connectivity index (χ0) is 22.6. The predicted molar refractivity (Wildman–Crippen MR) is 114 cm³/mol. The third-order valence-electron chi connectivity index (χ3n) is 5.39. The lowest BCUT2D eigenvalue weighted by atomic mass is 10.1. The van der Waals surface area contributed by atoms with E-state index < -0.39 is 11.9 Å². The molecule has 1 aliphatic rings. The van der Waals surface area contributed by atoms with Gasteiger partial charge in [-0.2, -0.15) is 15.5 Å². The Kier molecular flexibility index (Phi) is 4.30. The van der Waals surface area contributed by atoms with Crippen LogP contribution in [0.3, 0.4) is 0 Å². The molecule has 1 atom stereocenters. The van der Waals surface area contributed by atoms with E-state index in [9.17, 15) is 9.65 Å². The number of benzene rings is 1. The fourth-order valence-corrected chi connectivity index (χ4v) is 3.82. The maximum atomic E-state index is 14.2. The molecule has 32 heavy (non-hydrogen) atoms. The number of nitriles is 1. The van der Waals surface area contributed by atoms with Gasteiger partial charge in [0.05, 0.1) is 29.3 Å². The van der Waals surface area contributed by atoms with Gasteiger partial charge in [0, 0.05) is 25.7 Å². The Morgan fingerprint density at radius 2 is 2.06 bits per heavy atom. The van der Waals surface area contributed by atoms with Crippen LogP contribution < -0.4 is 15.4 Å². The first-order valence-electron chi connectivity index (χ1n) is 9.73. The van der Waals surface area contributed by atoms with Crippen LogP contribution in [0.4, 0.5) is 21.8 Å². The van der Waals surface area contributed by atoms with Crippen molar-refractivity contribution in [1.82, 2.24) is 29.5 Å². The number of rotatable bonds is 0. The van der Waals surface area contributed by atoms with Crippen LogP contribution in [-0.2, 0) is 7.05 Å². The number of hydrogen-bond acceptors (Lipinski definition) is 8. The summed E-state index contributed by atoms with van der Waals surface area (Å²) in [5, 5.41) is 18.8. The van der Waals surface area contributed by atoms with E-state index in [2.05, 4.69) is 26.2 Å². The Balaban J connectivity index is 1.87. The average molecular weight is 431 g/mol. The first kappa shape index (κ1) is 19.5. The number of aryl methyl sites for hydroxylation is 1. The SMILES string of the molecule is CC1Oc2nc(cnc2N)-c2c(nn(C)c2C#N)N(C)c2ccnn2-c2ccc(F)cc21.